The van der Waals surface area contributed by atoms with Crippen molar-refractivity contribution >= 4 is 17.5 Å². The van der Waals surface area contributed by atoms with Crippen molar-refractivity contribution in [3.63, 3.8) is 0 Å². The third kappa shape index (κ3) is 3.89. The van der Waals surface area contributed by atoms with Crippen LogP contribution in [-0.2, 0) is 0 Å². The lowest BCUT2D eigenvalue weighted by Gasteiger charge is -2.36. The van der Waals surface area contributed by atoms with Gasteiger partial charge in [0.15, 0.2) is 0 Å². The fraction of sp³-hybridized carbons (Fsp3) is 0.476. The number of nitrogens with zero attached hydrogens (tertiary/aromatic N) is 5. The van der Waals surface area contributed by atoms with Crippen LogP contribution in [0.5, 0.6) is 0 Å². The van der Waals surface area contributed by atoms with Crippen LogP contribution in [0.25, 0.3) is 0 Å². The summed E-state index contributed by atoms with van der Waals surface area (Å²) in [5.74, 6) is 2.12. The number of hydrogen-bond acceptors (Lipinski definition) is 5. The first-order valence-corrected chi connectivity index (χ1v) is 9.89. The van der Waals surface area contributed by atoms with Crippen LogP contribution in [0.3, 0.4) is 0 Å². The number of piperidine rings is 1. The summed E-state index contributed by atoms with van der Waals surface area (Å²) in [6.45, 7) is 7.19. The summed E-state index contributed by atoms with van der Waals surface area (Å²) in [5.41, 5.74) is 1.84. The van der Waals surface area contributed by atoms with Crippen LogP contribution in [-0.4, -0.2) is 60.0 Å². The van der Waals surface area contributed by atoms with E-state index in [0.29, 0.717) is 0 Å². The molecule has 2 aromatic rings. The Morgan fingerprint density at radius 3 is 2.15 bits per heavy atom. The molecule has 1 aromatic heterocycles. The lowest BCUT2D eigenvalue weighted by atomic mass is 10.1. The molecule has 6 nitrogen and oxygen atoms in total. The molecule has 6 heteroatoms. The van der Waals surface area contributed by atoms with Crippen LogP contribution in [0.15, 0.2) is 36.7 Å². The van der Waals surface area contributed by atoms with Gasteiger partial charge in [-0.1, -0.05) is 18.2 Å². The monoisotopic (exact) mass is 365 g/mol. The molecule has 3 heterocycles. The standard InChI is InChI=1S/C21H27N5O/c1-17-7-3-4-8-18(17)21(27)26-13-11-25(12-14-26)20-15-19(22-16-23-20)24-9-5-2-6-10-24/h3-4,7-8,15-16H,2,5-6,9-14H2,1H3. The predicted molar refractivity (Wildman–Crippen MR) is 107 cm³/mol. The van der Waals surface area contributed by atoms with Crippen molar-refractivity contribution in [3.8, 4) is 0 Å². The molecule has 2 saturated heterocycles. The van der Waals surface area contributed by atoms with E-state index in [1.54, 1.807) is 6.33 Å². The van der Waals surface area contributed by atoms with Crippen molar-refractivity contribution in [2.45, 2.75) is 26.2 Å². The van der Waals surface area contributed by atoms with Gasteiger partial charge in [-0.25, -0.2) is 9.97 Å². The molecule has 0 N–H and O–H groups in total. The Morgan fingerprint density at radius 2 is 1.48 bits per heavy atom. The number of hydrogen-bond donors (Lipinski definition) is 0. The Bertz CT molecular complexity index is 795. The smallest absolute Gasteiger partial charge is 0.254 e. The summed E-state index contributed by atoms with van der Waals surface area (Å²) >= 11 is 0. The number of carbonyl (C=O) groups excluding carboxylic acids is 1. The molecule has 0 radical (unpaired) electrons. The van der Waals surface area contributed by atoms with Gasteiger partial charge in [-0.15, -0.1) is 0 Å². The van der Waals surface area contributed by atoms with Gasteiger partial charge in [0.1, 0.15) is 18.0 Å². The zero-order chi connectivity index (χ0) is 18.6. The van der Waals surface area contributed by atoms with Crippen LogP contribution in [0.4, 0.5) is 11.6 Å². The number of amides is 1. The molecule has 142 valence electrons. The second-order valence-corrected chi connectivity index (χ2v) is 7.38. The molecule has 1 aromatic carbocycles. The van der Waals surface area contributed by atoms with E-state index in [1.165, 1.54) is 19.3 Å². The first-order valence-electron chi connectivity index (χ1n) is 9.89. The molecule has 4 rings (SSSR count). The van der Waals surface area contributed by atoms with E-state index < -0.39 is 0 Å². The summed E-state index contributed by atoms with van der Waals surface area (Å²) < 4.78 is 0. The Hall–Kier alpha value is -2.63. The molecule has 0 unspecified atom stereocenters. The summed E-state index contributed by atoms with van der Waals surface area (Å²) in [7, 11) is 0. The van der Waals surface area contributed by atoms with E-state index in [4.69, 9.17) is 0 Å². The largest absolute Gasteiger partial charge is 0.356 e. The quantitative estimate of drug-likeness (QED) is 0.837. The molecule has 2 aliphatic rings. The Labute approximate surface area is 160 Å². The second kappa shape index (κ2) is 7.94. The van der Waals surface area contributed by atoms with Crippen LogP contribution >= 0.6 is 0 Å². The average Bonchev–Trinajstić information content (AvgIpc) is 2.74. The van der Waals surface area contributed by atoms with Crippen molar-refractivity contribution < 1.29 is 4.79 Å². The maximum absolute atomic E-state index is 12.8. The zero-order valence-corrected chi connectivity index (χ0v) is 16.0. The molecule has 0 spiro atoms. The Morgan fingerprint density at radius 1 is 0.852 bits per heavy atom. The summed E-state index contributed by atoms with van der Waals surface area (Å²) in [4.78, 5) is 28.3. The minimum Gasteiger partial charge on any atom is -0.356 e. The van der Waals surface area contributed by atoms with Gasteiger partial charge >= 0.3 is 0 Å². The predicted octanol–water partition coefficient (Wildman–Crippen LogP) is 2.74. The fourth-order valence-corrected chi connectivity index (χ4v) is 3.93. The van der Waals surface area contributed by atoms with Crippen LogP contribution in [0.2, 0.25) is 0 Å². The van der Waals surface area contributed by atoms with Crippen molar-refractivity contribution in [3.05, 3.63) is 47.8 Å². The van der Waals surface area contributed by atoms with Gasteiger partial charge in [-0.3, -0.25) is 4.79 Å². The van der Waals surface area contributed by atoms with Gasteiger partial charge in [-0.2, -0.15) is 0 Å². The lowest BCUT2D eigenvalue weighted by molar-refractivity contribution is 0.0746. The van der Waals surface area contributed by atoms with E-state index in [-0.39, 0.29) is 5.91 Å². The maximum Gasteiger partial charge on any atom is 0.254 e. The number of rotatable bonds is 3. The maximum atomic E-state index is 12.8. The molecular formula is C21H27N5O. The SMILES string of the molecule is Cc1ccccc1C(=O)N1CCN(c2cc(N3CCCCC3)ncn2)CC1. The Balaban J connectivity index is 1.40. The van der Waals surface area contributed by atoms with E-state index in [2.05, 4.69) is 25.8 Å². The Kier molecular flexibility index (Phi) is 5.23. The highest BCUT2D eigenvalue weighted by atomic mass is 16.2. The summed E-state index contributed by atoms with van der Waals surface area (Å²) in [6, 6.07) is 9.91. The van der Waals surface area contributed by atoms with Gasteiger partial charge in [-0.05, 0) is 37.8 Å². The first kappa shape index (κ1) is 17.8. The molecule has 0 atom stereocenters. The number of aromatic nitrogens is 2. The normalized spacial score (nSPS) is 17.9. The third-order valence-electron chi connectivity index (χ3n) is 5.58. The number of anilines is 2. The molecule has 1 amide bonds. The minimum absolute atomic E-state index is 0.129. The van der Waals surface area contributed by atoms with Crippen molar-refractivity contribution in [1.29, 1.82) is 0 Å². The molecule has 0 bridgehead atoms. The molecule has 27 heavy (non-hydrogen) atoms. The van der Waals surface area contributed by atoms with Gasteiger partial charge < -0.3 is 14.7 Å². The average molecular weight is 365 g/mol. The van der Waals surface area contributed by atoms with Crippen molar-refractivity contribution in [1.82, 2.24) is 14.9 Å². The molecule has 0 saturated carbocycles. The molecule has 2 fully saturated rings. The number of piperazine rings is 1. The molecule has 2 aliphatic heterocycles. The van der Waals surface area contributed by atoms with E-state index >= 15 is 0 Å². The second-order valence-electron chi connectivity index (χ2n) is 7.38. The van der Waals surface area contributed by atoms with Gasteiger partial charge in [0.25, 0.3) is 5.91 Å². The fourth-order valence-electron chi connectivity index (χ4n) is 3.93. The number of carbonyl (C=O) groups is 1. The number of benzene rings is 1. The van der Waals surface area contributed by atoms with E-state index in [1.807, 2.05) is 36.1 Å². The van der Waals surface area contributed by atoms with Gasteiger partial charge in [0, 0.05) is 50.9 Å². The summed E-state index contributed by atoms with van der Waals surface area (Å²) in [6.07, 6.45) is 5.45. The number of aryl methyl sites for hydroxylation is 1. The third-order valence-corrected chi connectivity index (χ3v) is 5.58. The van der Waals surface area contributed by atoms with Gasteiger partial charge in [0.2, 0.25) is 0 Å². The van der Waals surface area contributed by atoms with Crippen LogP contribution in [0, 0.1) is 6.92 Å². The highest BCUT2D eigenvalue weighted by Crippen LogP contribution is 2.22. The van der Waals surface area contributed by atoms with Crippen LogP contribution < -0.4 is 9.80 Å². The lowest BCUT2D eigenvalue weighted by Crippen LogP contribution is -2.49. The van der Waals surface area contributed by atoms with Crippen molar-refractivity contribution in [2.24, 2.45) is 0 Å². The van der Waals surface area contributed by atoms with Crippen LogP contribution in [0.1, 0.15) is 35.2 Å². The van der Waals surface area contributed by atoms with E-state index in [9.17, 15) is 4.79 Å². The topological polar surface area (TPSA) is 52.6 Å². The first-order chi connectivity index (χ1) is 13.2. The van der Waals surface area contributed by atoms with Crippen molar-refractivity contribution in [2.75, 3.05) is 49.1 Å². The zero-order valence-electron chi connectivity index (χ0n) is 16.0. The highest BCUT2D eigenvalue weighted by Gasteiger charge is 2.24. The summed E-state index contributed by atoms with van der Waals surface area (Å²) in [5, 5.41) is 0. The molecule has 0 aliphatic carbocycles. The van der Waals surface area contributed by atoms with E-state index in [0.717, 1.165) is 62.0 Å². The molecular weight excluding hydrogens is 338 g/mol. The van der Waals surface area contributed by atoms with Gasteiger partial charge in [0.05, 0.1) is 0 Å². The highest BCUT2D eigenvalue weighted by molar-refractivity contribution is 5.95. The minimum atomic E-state index is 0.129.